The molecule has 2 aliphatic heterocycles. The molecule has 0 saturated heterocycles. The Labute approximate surface area is 319 Å². The van der Waals surface area contributed by atoms with Gasteiger partial charge in [0.05, 0.1) is 33.6 Å². The van der Waals surface area contributed by atoms with E-state index in [1.54, 1.807) is 0 Å². The Hall–Kier alpha value is -6.18. The molecule has 7 aromatic rings. The molecule has 0 radical (unpaired) electrons. The first kappa shape index (κ1) is 33.6. The van der Waals surface area contributed by atoms with Crippen LogP contribution in [-0.2, 0) is 0 Å². The summed E-state index contributed by atoms with van der Waals surface area (Å²) in [6.07, 6.45) is 0. The highest BCUT2D eigenvalue weighted by Gasteiger charge is 2.41. The monoisotopic (exact) mass is 798 g/mol. The summed E-state index contributed by atoms with van der Waals surface area (Å²) in [4.78, 5) is 81.1. The van der Waals surface area contributed by atoms with Gasteiger partial charge in [0, 0.05) is 75.3 Å². The van der Waals surface area contributed by atoms with Crippen LogP contribution < -0.4 is 9.80 Å². The maximum atomic E-state index is 14.1. The highest BCUT2D eigenvalue weighted by molar-refractivity contribution is 6.57. The lowest BCUT2D eigenvalue weighted by Crippen LogP contribution is -2.40. The van der Waals surface area contributed by atoms with Gasteiger partial charge in [0.15, 0.2) is 0 Å². The first-order chi connectivity index (χ1) is 25.6. The van der Waals surface area contributed by atoms with E-state index in [4.69, 9.17) is 46.4 Å². The standard InChI is InChI=1S/C38H14Cl4N2O10/c39-19-7-15-25-16(34(48)43(33(15)47)11-1-3-13(37(51)52)23(45)5-11)8-20(40)28-30-22(42)10-18-26-17(9-21(41)29(32(26)30)27(19)31(25)28)35(49)44(36(18)50)12-2-4-14(38(53)54)24(46)6-12/h1-10,45-46H,(H,51,52)(H,53,54). The molecule has 0 aromatic heterocycles. The Bertz CT molecular complexity index is 2730. The summed E-state index contributed by atoms with van der Waals surface area (Å²) < 4.78 is 0. The van der Waals surface area contributed by atoms with Crippen LogP contribution in [0.25, 0.3) is 43.1 Å². The van der Waals surface area contributed by atoms with E-state index < -0.39 is 58.2 Å². The fourth-order valence-electron chi connectivity index (χ4n) is 7.61. The lowest BCUT2D eigenvalue weighted by Gasteiger charge is -2.31. The molecule has 0 aliphatic carbocycles. The normalized spacial score (nSPS) is 14.1. The number of fused-ring (bicyclic) bond motifs is 2. The molecule has 0 atom stereocenters. The molecule has 9 rings (SSSR count). The number of amides is 4. The predicted octanol–water partition coefficient (Wildman–Crippen LogP) is 8.76. The number of rotatable bonds is 4. The molecular formula is C38H14Cl4N2O10. The van der Waals surface area contributed by atoms with Gasteiger partial charge in [-0.15, -0.1) is 0 Å². The van der Waals surface area contributed by atoms with Crippen LogP contribution in [0.1, 0.15) is 62.1 Å². The maximum absolute atomic E-state index is 14.1. The molecule has 0 bridgehead atoms. The highest BCUT2D eigenvalue weighted by atomic mass is 35.5. The van der Waals surface area contributed by atoms with Gasteiger partial charge in [0.25, 0.3) is 23.6 Å². The minimum Gasteiger partial charge on any atom is -0.507 e. The number of aromatic hydroxyl groups is 2. The van der Waals surface area contributed by atoms with Crippen molar-refractivity contribution in [2.45, 2.75) is 0 Å². The van der Waals surface area contributed by atoms with E-state index in [1.807, 2.05) is 0 Å². The van der Waals surface area contributed by atoms with Crippen molar-refractivity contribution in [2.24, 2.45) is 0 Å². The number of carboxylic acids is 2. The lowest BCUT2D eigenvalue weighted by molar-refractivity contribution is 0.0682. The molecule has 264 valence electrons. The number of nitrogens with zero attached hydrogens (tertiary/aromatic N) is 2. The van der Waals surface area contributed by atoms with Crippen LogP contribution in [-0.4, -0.2) is 56.0 Å². The second-order valence-corrected chi connectivity index (χ2v) is 14.2. The van der Waals surface area contributed by atoms with Gasteiger partial charge in [0.1, 0.15) is 22.6 Å². The number of hydrogen-bond acceptors (Lipinski definition) is 8. The van der Waals surface area contributed by atoms with Crippen LogP contribution in [0.5, 0.6) is 11.5 Å². The third kappa shape index (κ3) is 4.21. The molecule has 2 aliphatic rings. The van der Waals surface area contributed by atoms with Crippen LogP contribution in [0.2, 0.25) is 20.1 Å². The number of anilines is 2. The Kier molecular flexibility index (Phi) is 6.96. The molecule has 16 heteroatoms. The van der Waals surface area contributed by atoms with E-state index in [1.165, 1.54) is 36.4 Å². The van der Waals surface area contributed by atoms with Crippen molar-refractivity contribution >= 4 is 136 Å². The minimum atomic E-state index is -1.42. The largest absolute Gasteiger partial charge is 0.507 e. The maximum Gasteiger partial charge on any atom is 0.339 e. The Morgan fingerprint density at radius 1 is 0.426 bits per heavy atom. The Morgan fingerprint density at radius 2 is 0.704 bits per heavy atom. The fourth-order valence-corrected chi connectivity index (χ4v) is 8.80. The summed E-state index contributed by atoms with van der Waals surface area (Å²) >= 11 is 28.0. The summed E-state index contributed by atoms with van der Waals surface area (Å²) in [5, 5.41) is 41.1. The van der Waals surface area contributed by atoms with Gasteiger partial charge < -0.3 is 20.4 Å². The van der Waals surface area contributed by atoms with Crippen LogP contribution >= 0.6 is 46.4 Å². The van der Waals surface area contributed by atoms with Crippen molar-refractivity contribution < 1.29 is 49.2 Å². The molecule has 4 amide bonds. The van der Waals surface area contributed by atoms with Gasteiger partial charge in [-0.25, -0.2) is 19.4 Å². The van der Waals surface area contributed by atoms with Crippen molar-refractivity contribution in [1.82, 2.24) is 0 Å². The van der Waals surface area contributed by atoms with Crippen molar-refractivity contribution in [3.63, 3.8) is 0 Å². The summed E-state index contributed by atoms with van der Waals surface area (Å²) in [6.45, 7) is 0. The number of carbonyl (C=O) groups is 6. The van der Waals surface area contributed by atoms with E-state index in [2.05, 4.69) is 0 Å². The zero-order valence-electron chi connectivity index (χ0n) is 26.4. The second-order valence-electron chi connectivity index (χ2n) is 12.5. The molecule has 0 saturated carbocycles. The number of phenols is 2. The van der Waals surface area contributed by atoms with Gasteiger partial charge in [-0.2, -0.15) is 0 Å². The van der Waals surface area contributed by atoms with Gasteiger partial charge in [-0.3, -0.25) is 19.2 Å². The number of carboxylic acid groups (broad SMARTS) is 2. The van der Waals surface area contributed by atoms with E-state index in [-0.39, 0.29) is 96.8 Å². The number of imide groups is 2. The second kappa shape index (κ2) is 11.2. The topological polar surface area (TPSA) is 190 Å². The minimum absolute atomic E-state index is 0.0212. The van der Waals surface area contributed by atoms with Crippen LogP contribution in [0.3, 0.4) is 0 Å². The smallest absolute Gasteiger partial charge is 0.339 e. The fraction of sp³-hybridized carbons (Fsp3) is 0. The number of aromatic carboxylic acids is 2. The summed E-state index contributed by atoms with van der Waals surface area (Å²) in [5.74, 6) is -7.57. The van der Waals surface area contributed by atoms with E-state index in [0.29, 0.717) is 0 Å². The van der Waals surface area contributed by atoms with Crippen molar-refractivity contribution in [3.05, 3.63) is 114 Å². The molecule has 0 spiro atoms. The number of carbonyl (C=O) groups excluding carboxylic acids is 4. The average Bonchev–Trinajstić information content (AvgIpc) is 3.10. The van der Waals surface area contributed by atoms with Crippen molar-refractivity contribution in [2.75, 3.05) is 9.80 Å². The molecule has 54 heavy (non-hydrogen) atoms. The van der Waals surface area contributed by atoms with Crippen molar-refractivity contribution in [3.8, 4) is 11.5 Å². The predicted molar refractivity (Wildman–Crippen MR) is 200 cm³/mol. The molecule has 4 N–H and O–H groups in total. The Morgan fingerprint density at radius 3 is 0.944 bits per heavy atom. The van der Waals surface area contributed by atoms with Crippen LogP contribution in [0, 0.1) is 0 Å². The molecular weight excluding hydrogens is 786 g/mol. The zero-order valence-corrected chi connectivity index (χ0v) is 29.4. The first-order valence-corrected chi connectivity index (χ1v) is 17.0. The van der Waals surface area contributed by atoms with Gasteiger partial charge in [-0.1, -0.05) is 46.4 Å². The number of hydrogen-bond donors (Lipinski definition) is 4. The first-order valence-electron chi connectivity index (χ1n) is 15.5. The molecule has 7 aromatic carbocycles. The van der Waals surface area contributed by atoms with Crippen LogP contribution in [0.4, 0.5) is 11.4 Å². The van der Waals surface area contributed by atoms with Gasteiger partial charge in [-0.05, 0) is 48.5 Å². The number of benzene rings is 7. The SMILES string of the molecule is O=C(O)c1ccc(N2C(=O)c3cc(Cl)c4c5c(Cl)cc6c7c(cc(Cl)c(c8c(Cl)cc(c3c48)C2=O)c75)C(=O)N(c2ccc(C(=O)O)c(O)c2)C6=O)cc1O. The number of halogens is 4. The molecule has 0 unspecified atom stereocenters. The summed E-state index contributed by atoms with van der Waals surface area (Å²) in [6, 6.07) is 11.8. The van der Waals surface area contributed by atoms with E-state index >= 15 is 0 Å². The van der Waals surface area contributed by atoms with Crippen LogP contribution in [0.15, 0.2) is 60.7 Å². The summed E-state index contributed by atoms with van der Waals surface area (Å²) in [7, 11) is 0. The summed E-state index contributed by atoms with van der Waals surface area (Å²) in [5.41, 5.74) is -1.27. The average molecular weight is 800 g/mol. The van der Waals surface area contributed by atoms with Crippen molar-refractivity contribution in [1.29, 1.82) is 0 Å². The lowest BCUT2D eigenvalue weighted by atomic mass is 9.82. The molecule has 0 fully saturated rings. The quantitative estimate of drug-likeness (QED) is 0.0761. The van der Waals surface area contributed by atoms with E-state index in [9.17, 15) is 49.2 Å². The zero-order chi connectivity index (χ0) is 38.4. The van der Waals surface area contributed by atoms with Gasteiger partial charge >= 0.3 is 11.9 Å². The third-order valence-electron chi connectivity index (χ3n) is 9.79. The van der Waals surface area contributed by atoms with E-state index in [0.717, 1.165) is 34.1 Å². The third-order valence-corrected chi connectivity index (χ3v) is 11.0. The molecule has 12 nitrogen and oxygen atoms in total. The molecule has 2 heterocycles. The Balaban J connectivity index is 1.34. The highest BCUT2D eigenvalue weighted by Crippen LogP contribution is 2.54. The van der Waals surface area contributed by atoms with Gasteiger partial charge in [0.2, 0.25) is 0 Å².